The van der Waals surface area contributed by atoms with Crippen LogP contribution in [-0.2, 0) is 16.0 Å². The van der Waals surface area contributed by atoms with Crippen LogP contribution in [0.3, 0.4) is 0 Å². The SMILES string of the molecule is COC(=O)[C@@H](CN)Cc1ccccc1Cl. The van der Waals surface area contributed by atoms with E-state index in [2.05, 4.69) is 4.74 Å². The molecule has 1 rings (SSSR count). The number of hydrogen-bond acceptors (Lipinski definition) is 3. The van der Waals surface area contributed by atoms with Crippen LogP contribution in [0, 0.1) is 5.92 Å². The van der Waals surface area contributed by atoms with Gasteiger partial charge in [-0.15, -0.1) is 0 Å². The molecule has 82 valence electrons. The van der Waals surface area contributed by atoms with Gasteiger partial charge in [-0.2, -0.15) is 0 Å². The van der Waals surface area contributed by atoms with E-state index in [0.29, 0.717) is 11.4 Å². The van der Waals surface area contributed by atoms with Crippen LogP contribution in [0.4, 0.5) is 0 Å². The van der Waals surface area contributed by atoms with Gasteiger partial charge in [0, 0.05) is 11.6 Å². The van der Waals surface area contributed by atoms with E-state index in [-0.39, 0.29) is 18.4 Å². The molecule has 0 bridgehead atoms. The Hall–Kier alpha value is -1.06. The van der Waals surface area contributed by atoms with Crippen molar-refractivity contribution < 1.29 is 9.53 Å². The van der Waals surface area contributed by atoms with Gasteiger partial charge in [-0.05, 0) is 18.1 Å². The Labute approximate surface area is 94.2 Å². The average Bonchev–Trinajstić information content (AvgIpc) is 2.27. The van der Waals surface area contributed by atoms with Gasteiger partial charge in [0.1, 0.15) is 0 Å². The summed E-state index contributed by atoms with van der Waals surface area (Å²) < 4.78 is 4.65. The zero-order valence-corrected chi connectivity index (χ0v) is 9.33. The van der Waals surface area contributed by atoms with Crippen LogP contribution in [-0.4, -0.2) is 19.6 Å². The lowest BCUT2D eigenvalue weighted by Gasteiger charge is -2.12. The highest BCUT2D eigenvalue weighted by Gasteiger charge is 2.18. The molecule has 0 saturated carbocycles. The lowest BCUT2D eigenvalue weighted by atomic mass is 9.99. The van der Waals surface area contributed by atoms with Crippen molar-refractivity contribution in [1.29, 1.82) is 0 Å². The van der Waals surface area contributed by atoms with Crippen molar-refractivity contribution in [2.75, 3.05) is 13.7 Å². The Bertz CT molecular complexity index is 341. The summed E-state index contributed by atoms with van der Waals surface area (Å²) in [6.45, 7) is 0.262. The maximum atomic E-state index is 11.3. The van der Waals surface area contributed by atoms with Crippen molar-refractivity contribution in [2.24, 2.45) is 11.7 Å². The third-order valence-corrected chi connectivity index (χ3v) is 2.61. The maximum Gasteiger partial charge on any atom is 0.310 e. The van der Waals surface area contributed by atoms with E-state index in [1.54, 1.807) is 6.07 Å². The second-order valence-corrected chi connectivity index (χ2v) is 3.66. The van der Waals surface area contributed by atoms with E-state index < -0.39 is 0 Å². The summed E-state index contributed by atoms with van der Waals surface area (Å²) in [6, 6.07) is 7.41. The first-order chi connectivity index (χ1) is 7.19. The molecule has 0 saturated heterocycles. The van der Waals surface area contributed by atoms with E-state index in [9.17, 15) is 4.79 Å². The molecule has 0 radical (unpaired) electrons. The second kappa shape index (κ2) is 5.73. The van der Waals surface area contributed by atoms with Crippen molar-refractivity contribution >= 4 is 17.6 Å². The molecule has 0 fully saturated rings. The Kier molecular flexibility index (Phi) is 4.59. The predicted octanol–water partition coefficient (Wildman–Crippen LogP) is 1.63. The number of halogens is 1. The van der Waals surface area contributed by atoms with Gasteiger partial charge in [0.15, 0.2) is 0 Å². The smallest absolute Gasteiger partial charge is 0.310 e. The highest BCUT2D eigenvalue weighted by atomic mass is 35.5. The number of methoxy groups -OCH3 is 1. The van der Waals surface area contributed by atoms with Crippen LogP contribution < -0.4 is 5.73 Å². The Morgan fingerprint density at radius 2 is 2.20 bits per heavy atom. The average molecular weight is 228 g/mol. The van der Waals surface area contributed by atoms with Crippen molar-refractivity contribution in [3.05, 3.63) is 34.9 Å². The van der Waals surface area contributed by atoms with E-state index in [0.717, 1.165) is 5.56 Å². The molecule has 1 aromatic rings. The number of nitrogens with two attached hydrogens (primary N) is 1. The van der Waals surface area contributed by atoms with Gasteiger partial charge in [-0.3, -0.25) is 4.79 Å². The Morgan fingerprint density at radius 3 is 2.73 bits per heavy atom. The first kappa shape index (κ1) is 12.0. The number of rotatable bonds is 4. The third-order valence-electron chi connectivity index (χ3n) is 2.24. The maximum absolute atomic E-state index is 11.3. The van der Waals surface area contributed by atoms with Crippen LogP contribution in [0.15, 0.2) is 24.3 Å². The van der Waals surface area contributed by atoms with E-state index >= 15 is 0 Å². The van der Waals surface area contributed by atoms with Gasteiger partial charge < -0.3 is 10.5 Å². The standard InChI is InChI=1S/C11H14ClNO2/c1-15-11(14)9(7-13)6-8-4-2-3-5-10(8)12/h2-5,9H,6-7,13H2,1H3/t9-/m1/s1. The molecule has 4 heteroatoms. The fourth-order valence-electron chi connectivity index (χ4n) is 1.36. The molecule has 15 heavy (non-hydrogen) atoms. The minimum atomic E-state index is -0.324. The summed E-state index contributed by atoms with van der Waals surface area (Å²) in [7, 11) is 1.36. The Balaban J connectivity index is 2.75. The van der Waals surface area contributed by atoms with Crippen LogP contribution >= 0.6 is 11.6 Å². The molecular weight excluding hydrogens is 214 g/mol. The number of hydrogen-bond donors (Lipinski definition) is 1. The summed E-state index contributed by atoms with van der Waals surface area (Å²) in [5.74, 6) is -0.618. The molecule has 0 amide bonds. The molecule has 2 N–H and O–H groups in total. The summed E-state index contributed by atoms with van der Waals surface area (Å²) in [6.07, 6.45) is 0.517. The largest absolute Gasteiger partial charge is 0.469 e. The summed E-state index contributed by atoms with van der Waals surface area (Å²) in [4.78, 5) is 11.3. The lowest BCUT2D eigenvalue weighted by Crippen LogP contribution is -2.26. The molecule has 0 unspecified atom stereocenters. The first-order valence-corrected chi connectivity index (χ1v) is 5.08. The second-order valence-electron chi connectivity index (χ2n) is 3.25. The van der Waals surface area contributed by atoms with Crippen molar-refractivity contribution in [2.45, 2.75) is 6.42 Å². The lowest BCUT2D eigenvalue weighted by molar-refractivity contribution is -0.145. The monoisotopic (exact) mass is 227 g/mol. The zero-order valence-electron chi connectivity index (χ0n) is 8.57. The minimum absolute atomic E-state index is 0.262. The number of benzene rings is 1. The number of carbonyl (C=O) groups is 1. The quantitative estimate of drug-likeness (QED) is 0.796. The van der Waals surface area contributed by atoms with E-state index in [1.807, 2.05) is 18.2 Å². The molecule has 0 aliphatic carbocycles. The predicted molar refractivity (Wildman–Crippen MR) is 59.7 cm³/mol. The van der Waals surface area contributed by atoms with E-state index in [4.69, 9.17) is 17.3 Å². The summed E-state index contributed by atoms with van der Waals surface area (Å²) >= 11 is 5.98. The van der Waals surface area contributed by atoms with Crippen LogP contribution in [0.1, 0.15) is 5.56 Å². The molecule has 0 spiro atoms. The van der Waals surface area contributed by atoms with Crippen LogP contribution in [0.5, 0.6) is 0 Å². The minimum Gasteiger partial charge on any atom is -0.469 e. The number of carbonyl (C=O) groups excluding carboxylic acids is 1. The highest BCUT2D eigenvalue weighted by Crippen LogP contribution is 2.18. The van der Waals surface area contributed by atoms with Crippen molar-refractivity contribution in [3.8, 4) is 0 Å². The molecule has 0 aliphatic heterocycles. The van der Waals surface area contributed by atoms with Crippen LogP contribution in [0.25, 0.3) is 0 Å². The molecule has 0 aliphatic rings. The van der Waals surface area contributed by atoms with Gasteiger partial charge in [0.05, 0.1) is 13.0 Å². The summed E-state index contributed by atoms with van der Waals surface area (Å²) in [5.41, 5.74) is 6.42. The van der Waals surface area contributed by atoms with Crippen LogP contribution in [0.2, 0.25) is 5.02 Å². The van der Waals surface area contributed by atoms with Gasteiger partial charge in [0.2, 0.25) is 0 Å². The molecular formula is C11H14ClNO2. The molecule has 0 aromatic heterocycles. The van der Waals surface area contributed by atoms with E-state index in [1.165, 1.54) is 7.11 Å². The third kappa shape index (κ3) is 3.22. The first-order valence-electron chi connectivity index (χ1n) is 4.70. The molecule has 1 atom stereocenters. The van der Waals surface area contributed by atoms with Gasteiger partial charge >= 0.3 is 5.97 Å². The molecule has 0 heterocycles. The van der Waals surface area contributed by atoms with Crippen molar-refractivity contribution in [3.63, 3.8) is 0 Å². The zero-order chi connectivity index (χ0) is 11.3. The topological polar surface area (TPSA) is 52.3 Å². The normalized spacial score (nSPS) is 12.2. The fourth-order valence-corrected chi connectivity index (χ4v) is 1.57. The molecule has 1 aromatic carbocycles. The highest BCUT2D eigenvalue weighted by molar-refractivity contribution is 6.31. The van der Waals surface area contributed by atoms with Gasteiger partial charge in [0.25, 0.3) is 0 Å². The Morgan fingerprint density at radius 1 is 1.53 bits per heavy atom. The van der Waals surface area contributed by atoms with Gasteiger partial charge in [-0.25, -0.2) is 0 Å². The molecule has 3 nitrogen and oxygen atoms in total. The number of ether oxygens (including phenoxy) is 1. The van der Waals surface area contributed by atoms with Gasteiger partial charge in [-0.1, -0.05) is 29.8 Å². The summed E-state index contributed by atoms with van der Waals surface area (Å²) in [5, 5.41) is 0.653. The van der Waals surface area contributed by atoms with Crippen molar-refractivity contribution in [1.82, 2.24) is 0 Å². The fraction of sp³-hybridized carbons (Fsp3) is 0.364. The number of esters is 1.